The van der Waals surface area contributed by atoms with Crippen molar-refractivity contribution in [2.24, 2.45) is 18.9 Å². The van der Waals surface area contributed by atoms with E-state index in [9.17, 15) is 4.79 Å². The topological polar surface area (TPSA) is 63.1 Å². The van der Waals surface area contributed by atoms with E-state index >= 15 is 0 Å². The van der Waals surface area contributed by atoms with Crippen LogP contribution in [-0.2, 0) is 7.05 Å². The first-order chi connectivity index (χ1) is 14.0. The molecular formula is C23H27N5O. The first-order valence-electron chi connectivity index (χ1n) is 10.3. The largest absolute Gasteiger partial charge is 0.331 e. The highest BCUT2D eigenvalue weighted by molar-refractivity contribution is 6.06. The smallest absolute Gasteiger partial charge is 0.255 e. The highest BCUT2D eigenvalue weighted by atomic mass is 16.2. The third kappa shape index (κ3) is 2.77. The molecule has 2 fully saturated rings. The zero-order chi connectivity index (χ0) is 20.3. The number of aryl methyl sites for hydroxylation is 4. The summed E-state index contributed by atoms with van der Waals surface area (Å²) < 4.78 is 1.77. The molecule has 4 heterocycles. The number of benzene rings is 1. The molecule has 1 aromatic carbocycles. The molecule has 0 spiro atoms. The monoisotopic (exact) mass is 389 g/mol. The maximum atomic E-state index is 13.9. The Bertz CT molecular complexity index is 1120. The summed E-state index contributed by atoms with van der Waals surface area (Å²) in [5.74, 6) is 1.05. The normalized spacial score (nSPS) is 23.7. The molecule has 0 radical (unpaired) electrons. The predicted octanol–water partition coefficient (Wildman–Crippen LogP) is 2.93. The van der Waals surface area contributed by atoms with Gasteiger partial charge in [0.1, 0.15) is 0 Å². The summed E-state index contributed by atoms with van der Waals surface area (Å²) in [6, 6.07) is 10.5. The summed E-state index contributed by atoms with van der Waals surface area (Å²) in [6.07, 6.45) is 0. The van der Waals surface area contributed by atoms with Crippen molar-refractivity contribution in [1.29, 1.82) is 0 Å². The first kappa shape index (κ1) is 18.3. The molecule has 2 saturated heterocycles. The van der Waals surface area contributed by atoms with Crippen LogP contribution in [0.25, 0.3) is 11.0 Å². The molecule has 2 aliphatic heterocycles. The number of fused-ring (bicyclic) bond motifs is 2. The zero-order valence-corrected chi connectivity index (χ0v) is 17.4. The standard InChI is InChI=1S/C23H27N5O/c1-13-7-5-6-8-17(13)21-19-11-24-10-16(19)12-28(21)23(29)18-9-14(2)25-22-20(18)15(3)26-27(22)4/h5-9,16,19,21,24H,10-12H2,1-4H3/t16-,19-,21-/m0/s1. The lowest BCUT2D eigenvalue weighted by atomic mass is 9.87. The molecule has 3 atom stereocenters. The Morgan fingerprint density at radius 3 is 2.76 bits per heavy atom. The number of carbonyl (C=O) groups is 1. The van der Waals surface area contributed by atoms with E-state index in [2.05, 4.69) is 51.5 Å². The highest BCUT2D eigenvalue weighted by Gasteiger charge is 2.47. The van der Waals surface area contributed by atoms with Crippen molar-refractivity contribution in [3.05, 3.63) is 58.4 Å². The number of carbonyl (C=O) groups excluding carboxylic acids is 1. The van der Waals surface area contributed by atoms with Gasteiger partial charge in [0.15, 0.2) is 5.65 Å². The maximum absolute atomic E-state index is 13.9. The van der Waals surface area contributed by atoms with Crippen LogP contribution in [0, 0.1) is 32.6 Å². The number of aromatic nitrogens is 3. The Balaban J connectivity index is 1.64. The van der Waals surface area contributed by atoms with Crippen LogP contribution in [0.4, 0.5) is 0 Å². The average Bonchev–Trinajstić information content (AvgIpc) is 3.35. The summed E-state index contributed by atoms with van der Waals surface area (Å²) in [7, 11) is 1.89. The molecule has 6 heteroatoms. The van der Waals surface area contributed by atoms with E-state index < -0.39 is 0 Å². The summed E-state index contributed by atoms with van der Waals surface area (Å²) in [5, 5.41) is 8.93. The van der Waals surface area contributed by atoms with Gasteiger partial charge < -0.3 is 10.2 Å². The average molecular weight is 390 g/mol. The van der Waals surface area contributed by atoms with Gasteiger partial charge in [-0.15, -0.1) is 0 Å². The summed E-state index contributed by atoms with van der Waals surface area (Å²) in [4.78, 5) is 20.7. The minimum atomic E-state index is 0.0965. The molecule has 6 nitrogen and oxygen atoms in total. The summed E-state index contributed by atoms with van der Waals surface area (Å²) in [6.45, 7) is 8.78. The second-order valence-electron chi connectivity index (χ2n) is 8.56. The zero-order valence-electron chi connectivity index (χ0n) is 17.4. The molecule has 0 aliphatic carbocycles. The fourth-order valence-electron chi connectivity index (χ4n) is 5.34. The third-order valence-electron chi connectivity index (χ3n) is 6.66. The number of nitrogens with one attached hydrogen (secondary N) is 1. The van der Waals surface area contributed by atoms with Gasteiger partial charge in [-0.1, -0.05) is 24.3 Å². The van der Waals surface area contributed by atoms with Gasteiger partial charge in [0, 0.05) is 38.3 Å². The van der Waals surface area contributed by atoms with Crippen LogP contribution < -0.4 is 5.32 Å². The van der Waals surface area contributed by atoms with Crippen molar-refractivity contribution < 1.29 is 4.79 Å². The van der Waals surface area contributed by atoms with Gasteiger partial charge in [-0.3, -0.25) is 9.48 Å². The van der Waals surface area contributed by atoms with Crippen molar-refractivity contribution in [3.63, 3.8) is 0 Å². The van der Waals surface area contributed by atoms with Crippen LogP contribution in [0.1, 0.15) is 38.9 Å². The quantitative estimate of drug-likeness (QED) is 0.732. The number of nitrogens with zero attached hydrogens (tertiary/aromatic N) is 4. The van der Waals surface area contributed by atoms with Crippen LogP contribution >= 0.6 is 0 Å². The van der Waals surface area contributed by atoms with Gasteiger partial charge in [0.25, 0.3) is 5.91 Å². The predicted molar refractivity (Wildman–Crippen MR) is 113 cm³/mol. The minimum Gasteiger partial charge on any atom is -0.331 e. The first-order valence-corrected chi connectivity index (χ1v) is 10.3. The van der Waals surface area contributed by atoms with E-state index in [1.54, 1.807) is 4.68 Å². The minimum absolute atomic E-state index is 0.0965. The lowest BCUT2D eigenvalue weighted by Crippen LogP contribution is -2.35. The number of pyridine rings is 1. The molecule has 0 bridgehead atoms. The number of hydrogen-bond acceptors (Lipinski definition) is 4. The van der Waals surface area contributed by atoms with Crippen molar-refractivity contribution in [2.75, 3.05) is 19.6 Å². The molecule has 0 unspecified atom stereocenters. The van der Waals surface area contributed by atoms with E-state index in [1.807, 2.05) is 27.0 Å². The fraction of sp³-hybridized carbons (Fsp3) is 0.435. The second kappa shape index (κ2) is 6.66. The highest BCUT2D eigenvalue weighted by Crippen LogP contribution is 2.44. The van der Waals surface area contributed by atoms with Crippen molar-refractivity contribution >= 4 is 16.9 Å². The van der Waals surface area contributed by atoms with Crippen LogP contribution in [0.5, 0.6) is 0 Å². The fourth-order valence-corrected chi connectivity index (χ4v) is 5.34. The van der Waals surface area contributed by atoms with E-state index in [1.165, 1.54) is 11.1 Å². The van der Waals surface area contributed by atoms with Crippen LogP contribution in [-0.4, -0.2) is 45.2 Å². The van der Waals surface area contributed by atoms with Gasteiger partial charge in [-0.25, -0.2) is 4.98 Å². The Hall–Kier alpha value is -2.73. The molecule has 2 aromatic heterocycles. The van der Waals surface area contributed by atoms with E-state index in [4.69, 9.17) is 0 Å². The van der Waals surface area contributed by atoms with Crippen LogP contribution in [0.15, 0.2) is 30.3 Å². The van der Waals surface area contributed by atoms with Gasteiger partial charge >= 0.3 is 0 Å². The molecule has 150 valence electrons. The third-order valence-corrected chi connectivity index (χ3v) is 6.66. The van der Waals surface area contributed by atoms with E-state index in [-0.39, 0.29) is 11.9 Å². The Labute approximate surface area is 170 Å². The lowest BCUT2D eigenvalue weighted by molar-refractivity contribution is 0.0715. The number of amides is 1. The van der Waals surface area contributed by atoms with Crippen LogP contribution in [0.2, 0.25) is 0 Å². The molecule has 1 N–H and O–H groups in total. The molecule has 1 amide bonds. The summed E-state index contributed by atoms with van der Waals surface area (Å²) in [5.41, 5.74) is 5.71. The number of likely N-dealkylation sites (tertiary alicyclic amines) is 1. The number of rotatable bonds is 2. The lowest BCUT2D eigenvalue weighted by Gasteiger charge is -2.30. The second-order valence-corrected chi connectivity index (χ2v) is 8.56. The van der Waals surface area contributed by atoms with Crippen molar-refractivity contribution in [2.45, 2.75) is 26.8 Å². The SMILES string of the molecule is Cc1cc(C(=O)N2C[C@@H]3CNC[C@@H]3[C@@H]2c2ccccc2C)c2c(C)nn(C)c2n1. The molecule has 29 heavy (non-hydrogen) atoms. The summed E-state index contributed by atoms with van der Waals surface area (Å²) >= 11 is 0. The van der Waals surface area contributed by atoms with Crippen LogP contribution in [0.3, 0.4) is 0 Å². The molecule has 3 aromatic rings. The molecule has 0 saturated carbocycles. The van der Waals surface area contributed by atoms with E-state index in [0.717, 1.165) is 47.6 Å². The Kier molecular flexibility index (Phi) is 4.21. The van der Waals surface area contributed by atoms with Crippen molar-refractivity contribution in [1.82, 2.24) is 25.0 Å². The molecule has 2 aliphatic rings. The van der Waals surface area contributed by atoms with E-state index in [0.29, 0.717) is 11.8 Å². The van der Waals surface area contributed by atoms with Gasteiger partial charge in [-0.2, -0.15) is 5.10 Å². The Morgan fingerprint density at radius 2 is 1.97 bits per heavy atom. The van der Waals surface area contributed by atoms with Crippen molar-refractivity contribution in [3.8, 4) is 0 Å². The maximum Gasteiger partial charge on any atom is 0.255 e. The van der Waals surface area contributed by atoms with Gasteiger partial charge in [0.2, 0.25) is 0 Å². The number of hydrogen-bond donors (Lipinski definition) is 1. The van der Waals surface area contributed by atoms with Gasteiger partial charge in [-0.05, 0) is 43.9 Å². The Morgan fingerprint density at radius 1 is 1.17 bits per heavy atom. The van der Waals surface area contributed by atoms with Gasteiger partial charge in [0.05, 0.1) is 22.7 Å². The molecule has 5 rings (SSSR count). The molecular weight excluding hydrogens is 362 g/mol.